The second-order valence-corrected chi connectivity index (χ2v) is 8.21. The SMILES string of the molecule is CCNC(=S)N(CCC[NH+]1CCOCC1)Cc1cc2ccc(C)c(C)c2[nH]c1=O. The highest BCUT2D eigenvalue weighted by Crippen LogP contribution is 2.19. The van der Waals surface area contributed by atoms with Crippen LogP contribution in [0.4, 0.5) is 0 Å². The van der Waals surface area contributed by atoms with E-state index in [-0.39, 0.29) is 5.56 Å². The smallest absolute Gasteiger partial charge is 0.253 e. The topological polar surface area (TPSA) is 61.8 Å². The summed E-state index contributed by atoms with van der Waals surface area (Å²) in [6.45, 7) is 13.2. The monoisotopic (exact) mass is 417 g/mol. The first-order valence-corrected chi connectivity index (χ1v) is 11.0. The minimum Gasteiger partial charge on any atom is -0.370 e. The molecule has 1 aliphatic heterocycles. The first-order valence-electron chi connectivity index (χ1n) is 10.6. The first-order chi connectivity index (χ1) is 14.0. The summed E-state index contributed by atoms with van der Waals surface area (Å²) in [6, 6.07) is 6.19. The molecule has 3 N–H and O–H groups in total. The van der Waals surface area contributed by atoms with Gasteiger partial charge in [0.15, 0.2) is 5.11 Å². The number of fused-ring (bicyclic) bond motifs is 1. The van der Waals surface area contributed by atoms with E-state index < -0.39 is 0 Å². The average molecular weight is 418 g/mol. The van der Waals surface area contributed by atoms with Crippen LogP contribution in [0.5, 0.6) is 0 Å². The number of aromatic amines is 1. The van der Waals surface area contributed by atoms with Crippen LogP contribution in [0, 0.1) is 13.8 Å². The van der Waals surface area contributed by atoms with Crippen molar-refractivity contribution >= 4 is 28.2 Å². The molecule has 3 rings (SSSR count). The standard InChI is InChI=1S/C22H32N4O2S/c1-4-23-22(29)26(9-5-8-25-10-12-28-13-11-25)15-19-14-18-7-6-16(2)17(3)20(18)24-21(19)27/h6-7,14H,4-5,8-13,15H2,1-3H3,(H,23,29)(H,24,27)/p+1. The highest BCUT2D eigenvalue weighted by atomic mass is 32.1. The number of quaternary nitrogens is 1. The molecule has 158 valence electrons. The molecule has 1 aromatic heterocycles. The number of H-pyrrole nitrogens is 1. The van der Waals surface area contributed by atoms with E-state index >= 15 is 0 Å². The summed E-state index contributed by atoms with van der Waals surface area (Å²) in [5.74, 6) is 0. The van der Waals surface area contributed by atoms with Crippen LogP contribution in [0.3, 0.4) is 0 Å². The molecule has 2 heterocycles. The zero-order valence-corrected chi connectivity index (χ0v) is 18.6. The largest absolute Gasteiger partial charge is 0.370 e. The fourth-order valence-electron chi connectivity index (χ4n) is 3.84. The van der Waals surface area contributed by atoms with Crippen LogP contribution >= 0.6 is 12.2 Å². The van der Waals surface area contributed by atoms with Gasteiger partial charge in [0.1, 0.15) is 13.1 Å². The summed E-state index contributed by atoms with van der Waals surface area (Å²) in [4.78, 5) is 19.6. The van der Waals surface area contributed by atoms with Gasteiger partial charge in [-0.05, 0) is 55.6 Å². The van der Waals surface area contributed by atoms with Crippen LogP contribution in [-0.4, -0.2) is 60.9 Å². The minimum absolute atomic E-state index is 0.0331. The van der Waals surface area contributed by atoms with Gasteiger partial charge in [0, 0.05) is 25.1 Å². The number of thiocarbonyl (C=S) groups is 1. The summed E-state index contributed by atoms with van der Waals surface area (Å²) in [5.41, 5.74) is 3.95. The van der Waals surface area contributed by atoms with Gasteiger partial charge in [0.25, 0.3) is 5.56 Å². The van der Waals surface area contributed by atoms with Crippen LogP contribution in [0.2, 0.25) is 0 Å². The van der Waals surface area contributed by atoms with Crippen molar-refractivity contribution < 1.29 is 9.64 Å². The Morgan fingerprint density at radius 2 is 2.07 bits per heavy atom. The van der Waals surface area contributed by atoms with Crippen molar-refractivity contribution in [1.82, 2.24) is 15.2 Å². The predicted molar refractivity (Wildman–Crippen MR) is 122 cm³/mol. The molecule has 7 heteroatoms. The number of hydrogen-bond acceptors (Lipinski definition) is 3. The van der Waals surface area contributed by atoms with E-state index in [2.05, 4.69) is 34.3 Å². The molecule has 0 amide bonds. The molecule has 6 nitrogen and oxygen atoms in total. The summed E-state index contributed by atoms with van der Waals surface area (Å²) in [7, 11) is 0. The van der Waals surface area contributed by atoms with E-state index in [9.17, 15) is 4.79 Å². The number of nitrogens with one attached hydrogen (secondary N) is 3. The normalized spacial score (nSPS) is 14.9. The van der Waals surface area contributed by atoms with E-state index in [0.717, 1.165) is 74.4 Å². The van der Waals surface area contributed by atoms with Gasteiger partial charge >= 0.3 is 0 Å². The van der Waals surface area contributed by atoms with Gasteiger partial charge < -0.3 is 24.8 Å². The van der Waals surface area contributed by atoms with Crippen LogP contribution in [-0.2, 0) is 11.3 Å². The summed E-state index contributed by atoms with van der Waals surface area (Å²) in [5, 5.41) is 5.02. The van der Waals surface area contributed by atoms with Crippen LogP contribution < -0.4 is 15.8 Å². The van der Waals surface area contributed by atoms with E-state index in [1.165, 1.54) is 5.56 Å². The number of rotatable bonds is 7. The zero-order chi connectivity index (χ0) is 20.8. The second-order valence-electron chi connectivity index (χ2n) is 7.82. The Labute approximate surface area is 178 Å². The molecular formula is C22H33N4O2S+. The van der Waals surface area contributed by atoms with Crippen molar-refractivity contribution in [2.24, 2.45) is 0 Å². The van der Waals surface area contributed by atoms with Gasteiger partial charge in [0.05, 0.1) is 31.8 Å². The van der Waals surface area contributed by atoms with Crippen LogP contribution in [0.25, 0.3) is 10.9 Å². The quantitative estimate of drug-likeness (QED) is 0.590. The molecule has 1 aromatic carbocycles. The van der Waals surface area contributed by atoms with Gasteiger partial charge in [-0.25, -0.2) is 0 Å². The Morgan fingerprint density at radius 3 is 2.79 bits per heavy atom. The zero-order valence-electron chi connectivity index (χ0n) is 17.8. The number of ether oxygens (including phenoxy) is 1. The molecule has 29 heavy (non-hydrogen) atoms. The fraction of sp³-hybridized carbons (Fsp3) is 0.545. The van der Waals surface area contributed by atoms with E-state index in [0.29, 0.717) is 11.7 Å². The van der Waals surface area contributed by atoms with Gasteiger partial charge in [-0.2, -0.15) is 0 Å². The molecule has 0 saturated carbocycles. The highest BCUT2D eigenvalue weighted by Gasteiger charge is 2.17. The lowest BCUT2D eigenvalue weighted by molar-refractivity contribution is -0.908. The second kappa shape index (κ2) is 10.2. The third-order valence-corrected chi connectivity index (χ3v) is 6.17. The van der Waals surface area contributed by atoms with Gasteiger partial charge in [-0.15, -0.1) is 0 Å². The minimum atomic E-state index is -0.0331. The van der Waals surface area contributed by atoms with E-state index in [1.807, 2.05) is 19.9 Å². The molecule has 0 bridgehead atoms. The summed E-state index contributed by atoms with van der Waals surface area (Å²) >= 11 is 5.60. The van der Waals surface area contributed by atoms with Gasteiger partial charge in [0.2, 0.25) is 0 Å². The molecule has 0 aliphatic carbocycles. The highest BCUT2D eigenvalue weighted by molar-refractivity contribution is 7.80. The van der Waals surface area contributed by atoms with Crippen molar-refractivity contribution in [2.75, 3.05) is 45.9 Å². The van der Waals surface area contributed by atoms with E-state index in [1.54, 1.807) is 4.90 Å². The molecular weight excluding hydrogens is 384 g/mol. The first kappa shape index (κ1) is 21.7. The lowest BCUT2D eigenvalue weighted by Gasteiger charge is -2.28. The number of benzene rings is 1. The number of morpholine rings is 1. The van der Waals surface area contributed by atoms with Crippen molar-refractivity contribution in [3.63, 3.8) is 0 Å². The number of aromatic nitrogens is 1. The molecule has 1 fully saturated rings. The van der Waals surface area contributed by atoms with Crippen molar-refractivity contribution in [2.45, 2.75) is 33.7 Å². The molecule has 0 atom stereocenters. The number of nitrogens with zero attached hydrogens (tertiary/aromatic N) is 1. The Bertz CT molecular complexity index is 906. The van der Waals surface area contributed by atoms with Gasteiger partial charge in [-0.3, -0.25) is 4.79 Å². The van der Waals surface area contributed by atoms with E-state index in [4.69, 9.17) is 17.0 Å². The Kier molecular flexibility index (Phi) is 7.64. The number of pyridine rings is 1. The van der Waals surface area contributed by atoms with Crippen molar-refractivity contribution in [3.8, 4) is 0 Å². The average Bonchev–Trinajstić information content (AvgIpc) is 2.72. The molecule has 0 radical (unpaired) electrons. The van der Waals surface area contributed by atoms with Crippen LogP contribution in [0.1, 0.15) is 30.0 Å². The fourth-order valence-corrected chi connectivity index (χ4v) is 4.14. The maximum atomic E-state index is 12.8. The lowest BCUT2D eigenvalue weighted by Crippen LogP contribution is -3.14. The molecule has 0 spiro atoms. The molecule has 0 unspecified atom stereocenters. The third kappa shape index (κ3) is 5.56. The van der Waals surface area contributed by atoms with Crippen LogP contribution in [0.15, 0.2) is 23.0 Å². The van der Waals surface area contributed by atoms with Gasteiger partial charge in [-0.1, -0.05) is 12.1 Å². The molecule has 1 saturated heterocycles. The predicted octanol–water partition coefficient (Wildman–Crippen LogP) is 1.15. The maximum absolute atomic E-state index is 12.8. The summed E-state index contributed by atoms with van der Waals surface area (Å²) in [6.07, 6.45) is 1.03. The lowest BCUT2D eigenvalue weighted by atomic mass is 10.0. The maximum Gasteiger partial charge on any atom is 0.253 e. The Hall–Kier alpha value is -1.96. The van der Waals surface area contributed by atoms with Crippen molar-refractivity contribution in [1.29, 1.82) is 0 Å². The number of aryl methyl sites for hydroxylation is 2. The number of hydrogen-bond donors (Lipinski definition) is 3. The Morgan fingerprint density at radius 1 is 1.31 bits per heavy atom. The summed E-state index contributed by atoms with van der Waals surface area (Å²) < 4.78 is 5.44. The molecule has 1 aliphatic rings. The molecule has 2 aromatic rings. The third-order valence-electron chi connectivity index (χ3n) is 5.76. The van der Waals surface area contributed by atoms with Crippen molar-refractivity contribution in [3.05, 3.63) is 45.2 Å². The Balaban J connectivity index is 1.74.